The number of aliphatic hydroxyl groups is 1. The zero-order chi connectivity index (χ0) is 34.3. The molecule has 3 saturated heterocycles. The number of ether oxygens (including phenoxy) is 3. The molecule has 2 N–H and O–H groups in total. The van der Waals surface area contributed by atoms with Gasteiger partial charge in [-0.25, -0.2) is 0 Å². The van der Waals surface area contributed by atoms with Crippen molar-refractivity contribution in [3.8, 4) is 0 Å². The number of carbonyl (C=O) groups excluding carboxylic acids is 4. The highest BCUT2D eigenvalue weighted by Crippen LogP contribution is 2.59. The van der Waals surface area contributed by atoms with Crippen molar-refractivity contribution in [2.45, 2.75) is 62.1 Å². The van der Waals surface area contributed by atoms with Crippen molar-refractivity contribution in [2.75, 3.05) is 33.4 Å². The van der Waals surface area contributed by atoms with Crippen molar-refractivity contribution in [1.29, 1.82) is 0 Å². The number of esters is 1. The molecule has 1 spiro atoms. The van der Waals surface area contributed by atoms with Crippen LogP contribution in [0.2, 0.25) is 0 Å². The molecule has 0 saturated carbocycles. The van der Waals surface area contributed by atoms with Crippen molar-refractivity contribution in [1.82, 2.24) is 15.1 Å². The average molecular weight is 660 g/mol. The largest absolute Gasteiger partial charge is 0.455 e. The van der Waals surface area contributed by atoms with Crippen LogP contribution < -0.4 is 5.32 Å². The summed E-state index contributed by atoms with van der Waals surface area (Å²) in [5.74, 6) is -3.62. The standard InChI is InChI=1S/C37H45N3O8/c1-4-6-17-29(42)38-27(24-46-3)32(26-15-11-8-12-16-26)47-36(45)30-28-18-19-37(48-28)31(30)34(43)40(21-22-41)33(37)35(44)39(20-5-2)23-25-13-9-7-10-14-25/h4-5,7-16,27-28,30-33,41H,1-2,6,17-24H2,3H3,(H,38,42)/t27-,28+,30-,31-,32-,33+,37-/m0/s1. The molecule has 7 atom stereocenters. The molecule has 256 valence electrons. The van der Waals surface area contributed by atoms with E-state index in [0.717, 1.165) is 5.56 Å². The summed E-state index contributed by atoms with van der Waals surface area (Å²) in [4.78, 5) is 58.7. The third-order valence-corrected chi connectivity index (χ3v) is 9.53. The number of hydrogen-bond donors (Lipinski definition) is 2. The average Bonchev–Trinajstić information content (AvgIpc) is 3.74. The molecule has 11 heteroatoms. The second-order valence-electron chi connectivity index (χ2n) is 12.5. The first-order chi connectivity index (χ1) is 23.3. The van der Waals surface area contributed by atoms with Crippen molar-refractivity contribution < 1.29 is 38.5 Å². The van der Waals surface area contributed by atoms with Gasteiger partial charge in [-0.15, -0.1) is 13.2 Å². The quantitative estimate of drug-likeness (QED) is 0.196. The fourth-order valence-electron chi connectivity index (χ4n) is 7.54. The second-order valence-corrected chi connectivity index (χ2v) is 12.5. The Morgan fingerprint density at radius 3 is 2.48 bits per heavy atom. The number of aliphatic hydroxyl groups excluding tert-OH is 1. The minimum absolute atomic E-state index is 0.0605. The lowest BCUT2D eigenvalue weighted by molar-refractivity contribution is -0.163. The molecule has 3 fully saturated rings. The topological polar surface area (TPSA) is 135 Å². The molecule has 0 aromatic heterocycles. The van der Waals surface area contributed by atoms with Crippen molar-refractivity contribution in [2.24, 2.45) is 11.8 Å². The van der Waals surface area contributed by atoms with Crippen LogP contribution in [0.1, 0.15) is 42.9 Å². The molecule has 3 heterocycles. The van der Waals surface area contributed by atoms with Gasteiger partial charge in [-0.2, -0.15) is 0 Å². The first-order valence-corrected chi connectivity index (χ1v) is 16.5. The van der Waals surface area contributed by atoms with E-state index in [0.29, 0.717) is 24.8 Å². The first-order valence-electron chi connectivity index (χ1n) is 16.5. The number of β-amino-alcohol motifs (C(OH)–C–C–N with tert-alkyl or cyclic N) is 1. The predicted octanol–water partition coefficient (Wildman–Crippen LogP) is 2.95. The lowest BCUT2D eigenvalue weighted by Crippen LogP contribution is -2.56. The van der Waals surface area contributed by atoms with Crippen LogP contribution >= 0.6 is 0 Å². The van der Waals surface area contributed by atoms with Gasteiger partial charge in [0.05, 0.1) is 37.2 Å². The second kappa shape index (κ2) is 15.7. The highest BCUT2D eigenvalue weighted by Gasteiger charge is 2.75. The third kappa shape index (κ3) is 6.94. The Balaban J connectivity index is 1.45. The maximum atomic E-state index is 14.4. The number of methoxy groups -OCH3 is 1. The van der Waals surface area contributed by atoms with E-state index >= 15 is 0 Å². The first kappa shape index (κ1) is 35.0. The van der Waals surface area contributed by atoms with E-state index in [1.807, 2.05) is 48.5 Å². The molecule has 2 aromatic carbocycles. The zero-order valence-electron chi connectivity index (χ0n) is 27.4. The molecular formula is C37H45N3O8. The summed E-state index contributed by atoms with van der Waals surface area (Å²) in [7, 11) is 1.50. The van der Waals surface area contributed by atoms with Gasteiger partial charge < -0.3 is 34.4 Å². The molecule has 3 amide bonds. The Kier molecular flexibility index (Phi) is 11.5. The van der Waals surface area contributed by atoms with E-state index in [4.69, 9.17) is 14.2 Å². The monoisotopic (exact) mass is 659 g/mol. The van der Waals surface area contributed by atoms with Crippen LogP contribution in [-0.2, 0) is 39.9 Å². The molecule has 48 heavy (non-hydrogen) atoms. The van der Waals surface area contributed by atoms with Crippen molar-refractivity contribution >= 4 is 23.7 Å². The van der Waals surface area contributed by atoms with E-state index in [-0.39, 0.29) is 51.1 Å². The summed E-state index contributed by atoms with van der Waals surface area (Å²) in [5, 5.41) is 12.9. The molecule has 2 aromatic rings. The molecule has 11 nitrogen and oxygen atoms in total. The van der Waals surface area contributed by atoms with E-state index in [2.05, 4.69) is 18.5 Å². The number of nitrogens with one attached hydrogen (secondary N) is 1. The van der Waals surface area contributed by atoms with Crippen LogP contribution in [0.5, 0.6) is 0 Å². The van der Waals surface area contributed by atoms with Crippen LogP contribution in [0, 0.1) is 11.8 Å². The number of allylic oxidation sites excluding steroid dienone is 1. The molecule has 5 rings (SSSR count). The maximum absolute atomic E-state index is 14.4. The Morgan fingerprint density at radius 1 is 1.12 bits per heavy atom. The van der Waals surface area contributed by atoms with Crippen LogP contribution in [0.25, 0.3) is 0 Å². The zero-order valence-corrected chi connectivity index (χ0v) is 27.4. The minimum Gasteiger partial charge on any atom is -0.455 e. The van der Waals surface area contributed by atoms with Gasteiger partial charge in [0, 0.05) is 33.2 Å². The lowest BCUT2D eigenvalue weighted by atomic mass is 9.70. The van der Waals surface area contributed by atoms with Gasteiger partial charge in [0.25, 0.3) is 0 Å². The summed E-state index contributed by atoms with van der Waals surface area (Å²) in [6.07, 6.45) is 3.26. The Labute approximate surface area is 281 Å². The SMILES string of the molecule is C=CCCC(=O)N[C@@H](COC)[C@@H](OC(=O)[C@@H]1[C@H]2C(=O)N(CCO)[C@H](C(=O)N(CC=C)Cc3ccccc3)[C@]23CC[C@H]1O3)c1ccccc1. The van der Waals surface area contributed by atoms with E-state index in [9.17, 15) is 24.3 Å². The third-order valence-electron chi connectivity index (χ3n) is 9.53. The number of hydrogen-bond acceptors (Lipinski definition) is 8. The van der Waals surface area contributed by atoms with E-state index in [1.54, 1.807) is 29.2 Å². The number of nitrogens with zero attached hydrogens (tertiary/aromatic N) is 2. The van der Waals surface area contributed by atoms with Crippen LogP contribution in [0.4, 0.5) is 0 Å². The van der Waals surface area contributed by atoms with Gasteiger partial charge in [-0.1, -0.05) is 72.8 Å². The fourth-order valence-corrected chi connectivity index (χ4v) is 7.54. The van der Waals surface area contributed by atoms with Gasteiger partial charge in [0.1, 0.15) is 17.7 Å². The van der Waals surface area contributed by atoms with E-state index < -0.39 is 53.6 Å². The van der Waals surface area contributed by atoms with E-state index in [1.165, 1.54) is 12.0 Å². The van der Waals surface area contributed by atoms with Crippen molar-refractivity contribution in [3.05, 3.63) is 97.1 Å². The fraction of sp³-hybridized carbons (Fsp3) is 0.459. The molecule has 0 unspecified atom stereocenters. The molecular weight excluding hydrogens is 614 g/mol. The normalized spacial score (nSPS) is 25.2. The Hall–Kier alpha value is -4.32. The summed E-state index contributed by atoms with van der Waals surface area (Å²) in [6, 6.07) is 16.8. The number of benzene rings is 2. The molecule has 0 aliphatic carbocycles. The summed E-state index contributed by atoms with van der Waals surface area (Å²) in [5.41, 5.74) is 0.289. The van der Waals surface area contributed by atoms with Gasteiger partial charge >= 0.3 is 5.97 Å². The summed E-state index contributed by atoms with van der Waals surface area (Å²) in [6.45, 7) is 7.64. The van der Waals surface area contributed by atoms with Crippen LogP contribution in [0.15, 0.2) is 86.0 Å². The molecule has 3 aliphatic heterocycles. The summed E-state index contributed by atoms with van der Waals surface area (Å²) < 4.78 is 18.2. The number of likely N-dealkylation sites (tertiary alicyclic amines) is 1. The van der Waals surface area contributed by atoms with Crippen molar-refractivity contribution in [3.63, 3.8) is 0 Å². The lowest BCUT2D eigenvalue weighted by Gasteiger charge is -2.36. The highest BCUT2D eigenvalue weighted by atomic mass is 16.6. The minimum atomic E-state index is -1.26. The number of carbonyl (C=O) groups is 4. The highest BCUT2D eigenvalue weighted by molar-refractivity contribution is 5.98. The van der Waals surface area contributed by atoms with Gasteiger partial charge in [0.15, 0.2) is 0 Å². The Morgan fingerprint density at radius 2 is 1.83 bits per heavy atom. The smallest absolute Gasteiger partial charge is 0.313 e. The molecule has 0 radical (unpaired) electrons. The van der Waals surface area contributed by atoms with Gasteiger partial charge in [-0.3, -0.25) is 19.2 Å². The number of amides is 3. The van der Waals surface area contributed by atoms with Gasteiger partial charge in [0.2, 0.25) is 17.7 Å². The summed E-state index contributed by atoms with van der Waals surface area (Å²) >= 11 is 0. The molecule has 3 aliphatic rings. The molecule has 2 bridgehead atoms. The van der Waals surface area contributed by atoms with Gasteiger partial charge in [-0.05, 0) is 30.4 Å². The number of rotatable bonds is 17. The maximum Gasteiger partial charge on any atom is 0.313 e. The van der Waals surface area contributed by atoms with Crippen LogP contribution in [-0.4, -0.2) is 95.8 Å². The number of fused-ring (bicyclic) bond motifs is 1. The van der Waals surface area contributed by atoms with Crippen LogP contribution in [0.3, 0.4) is 0 Å². The predicted molar refractivity (Wildman–Crippen MR) is 177 cm³/mol. The Bertz CT molecular complexity index is 1470.